The van der Waals surface area contributed by atoms with E-state index in [9.17, 15) is 14.4 Å². The van der Waals surface area contributed by atoms with E-state index in [0.717, 1.165) is 17.9 Å². The number of amides is 4. The molecule has 0 aromatic rings. The van der Waals surface area contributed by atoms with Crippen LogP contribution in [0.3, 0.4) is 0 Å². The van der Waals surface area contributed by atoms with E-state index in [0.29, 0.717) is 39.3 Å². The van der Waals surface area contributed by atoms with E-state index in [4.69, 9.17) is 4.74 Å². The van der Waals surface area contributed by atoms with E-state index in [2.05, 4.69) is 10.6 Å². The van der Waals surface area contributed by atoms with Gasteiger partial charge < -0.3 is 20.3 Å². The molecule has 0 saturated carbocycles. The van der Waals surface area contributed by atoms with Crippen LogP contribution in [0.5, 0.6) is 0 Å². The lowest BCUT2D eigenvalue weighted by Gasteiger charge is -2.31. The molecule has 3 fully saturated rings. The van der Waals surface area contributed by atoms with Gasteiger partial charge in [0.15, 0.2) is 0 Å². The molecule has 0 bridgehead atoms. The predicted octanol–water partition coefficient (Wildman–Crippen LogP) is -1.48. The largest absolute Gasteiger partial charge is 0.378 e. The molecule has 3 aliphatic heterocycles. The number of hydrogen-bond donors (Lipinski definition) is 2. The van der Waals surface area contributed by atoms with Gasteiger partial charge in [-0.3, -0.25) is 14.5 Å². The molecular formula is C13H20N4O4. The number of nitrogens with zero attached hydrogens (tertiary/aromatic N) is 2. The minimum Gasteiger partial charge on any atom is -0.378 e. The van der Waals surface area contributed by atoms with E-state index < -0.39 is 11.6 Å². The number of nitrogens with one attached hydrogen (secondary N) is 2. The van der Waals surface area contributed by atoms with Gasteiger partial charge in [-0.1, -0.05) is 0 Å². The number of hydrogen-bond acceptors (Lipinski definition) is 5. The zero-order chi connectivity index (χ0) is 14.9. The first kappa shape index (κ1) is 14.3. The van der Waals surface area contributed by atoms with Crippen molar-refractivity contribution in [2.45, 2.75) is 18.4 Å². The maximum atomic E-state index is 12.5. The summed E-state index contributed by atoms with van der Waals surface area (Å²) in [7, 11) is 0. The second-order valence-electron chi connectivity index (χ2n) is 5.68. The molecule has 0 aliphatic carbocycles. The van der Waals surface area contributed by atoms with Crippen LogP contribution in [0.15, 0.2) is 0 Å². The Kier molecular flexibility index (Phi) is 3.81. The molecule has 0 aromatic carbocycles. The minimum atomic E-state index is -0.860. The highest BCUT2D eigenvalue weighted by Gasteiger charge is 2.52. The molecule has 1 atom stereocenters. The van der Waals surface area contributed by atoms with Crippen molar-refractivity contribution >= 4 is 17.8 Å². The fourth-order valence-corrected chi connectivity index (χ4v) is 3.06. The molecule has 2 N–H and O–H groups in total. The third-order valence-corrected chi connectivity index (χ3v) is 4.29. The summed E-state index contributed by atoms with van der Waals surface area (Å²) in [6.07, 6.45) is 1.45. The molecule has 3 rings (SSSR count). The summed E-state index contributed by atoms with van der Waals surface area (Å²) in [5.41, 5.74) is -0.860. The highest BCUT2D eigenvalue weighted by atomic mass is 16.5. The van der Waals surface area contributed by atoms with Gasteiger partial charge in [0.25, 0.3) is 5.91 Å². The summed E-state index contributed by atoms with van der Waals surface area (Å²) < 4.78 is 5.19. The summed E-state index contributed by atoms with van der Waals surface area (Å²) in [6.45, 7) is 3.10. The van der Waals surface area contributed by atoms with Crippen molar-refractivity contribution < 1.29 is 19.1 Å². The Balaban J connectivity index is 1.66. The zero-order valence-electron chi connectivity index (χ0n) is 11.9. The Morgan fingerprint density at radius 2 is 2.05 bits per heavy atom. The number of ether oxygens (including phenoxy) is 1. The molecule has 3 aliphatic rings. The van der Waals surface area contributed by atoms with Gasteiger partial charge in [-0.25, -0.2) is 4.79 Å². The lowest BCUT2D eigenvalue weighted by molar-refractivity contribution is -0.141. The molecule has 3 saturated heterocycles. The van der Waals surface area contributed by atoms with E-state index in [-0.39, 0.29) is 18.4 Å². The Morgan fingerprint density at radius 3 is 2.71 bits per heavy atom. The number of urea groups is 1. The average Bonchev–Trinajstić information content (AvgIpc) is 2.73. The fourth-order valence-electron chi connectivity index (χ4n) is 3.06. The highest BCUT2D eigenvalue weighted by Crippen LogP contribution is 2.25. The summed E-state index contributed by atoms with van der Waals surface area (Å²) in [5, 5.41) is 5.89. The Labute approximate surface area is 122 Å². The fraction of sp³-hybridized carbons (Fsp3) is 0.769. The van der Waals surface area contributed by atoms with Crippen LogP contribution in [-0.4, -0.2) is 79.1 Å². The van der Waals surface area contributed by atoms with Crippen LogP contribution in [0, 0.1) is 0 Å². The number of rotatable bonds is 2. The van der Waals surface area contributed by atoms with Crippen LogP contribution in [-0.2, 0) is 14.3 Å². The van der Waals surface area contributed by atoms with Crippen molar-refractivity contribution in [2.75, 3.05) is 45.9 Å². The molecule has 116 valence electrons. The zero-order valence-corrected chi connectivity index (χ0v) is 11.9. The Bertz CT molecular complexity index is 455. The van der Waals surface area contributed by atoms with Gasteiger partial charge in [-0.15, -0.1) is 0 Å². The second-order valence-corrected chi connectivity index (χ2v) is 5.68. The van der Waals surface area contributed by atoms with Crippen molar-refractivity contribution in [1.29, 1.82) is 0 Å². The lowest BCUT2D eigenvalue weighted by atomic mass is 9.90. The van der Waals surface area contributed by atoms with Crippen LogP contribution in [0.2, 0.25) is 0 Å². The predicted molar refractivity (Wildman–Crippen MR) is 72.5 cm³/mol. The van der Waals surface area contributed by atoms with Crippen molar-refractivity contribution in [1.82, 2.24) is 20.4 Å². The smallest absolute Gasteiger partial charge is 0.325 e. The maximum absolute atomic E-state index is 12.5. The number of piperidine rings is 1. The monoisotopic (exact) mass is 296 g/mol. The quantitative estimate of drug-likeness (QED) is 0.607. The molecule has 8 nitrogen and oxygen atoms in total. The number of imide groups is 1. The lowest BCUT2D eigenvalue weighted by Crippen LogP contribution is -2.57. The first-order valence-electron chi connectivity index (χ1n) is 7.33. The van der Waals surface area contributed by atoms with Gasteiger partial charge in [0.05, 0.1) is 13.2 Å². The molecule has 3 heterocycles. The van der Waals surface area contributed by atoms with Crippen LogP contribution in [0.25, 0.3) is 0 Å². The van der Waals surface area contributed by atoms with Gasteiger partial charge >= 0.3 is 6.03 Å². The summed E-state index contributed by atoms with van der Waals surface area (Å²) in [4.78, 5) is 39.4. The van der Waals surface area contributed by atoms with Crippen molar-refractivity contribution in [3.05, 3.63) is 0 Å². The molecular weight excluding hydrogens is 276 g/mol. The first-order chi connectivity index (χ1) is 10.1. The van der Waals surface area contributed by atoms with Crippen LogP contribution in [0.1, 0.15) is 12.8 Å². The SMILES string of the molecule is O=C(CN1C(=O)NC2(CCCNC2)C1=O)N1CCOCC1. The summed E-state index contributed by atoms with van der Waals surface area (Å²) in [6, 6.07) is -0.467. The normalized spacial score (nSPS) is 29.9. The minimum absolute atomic E-state index is 0.188. The first-order valence-corrected chi connectivity index (χ1v) is 7.33. The summed E-state index contributed by atoms with van der Waals surface area (Å²) >= 11 is 0. The van der Waals surface area contributed by atoms with E-state index in [1.807, 2.05) is 0 Å². The number of carbonyl (C=O) groups excluding carboxylic acids is 3. The molecule has 8 heteroatoms. The van der Waals surface area contributed by atoms with Crippen LogP contribution in [0.4, 0.5) is 4.79 Å². The van der Waals surface area contributed by atoms with Crippen LogP contribution < -0.4 is 10.6 Å². The van der Waals surface area contributed by atoms with Crippen LogP contribution >= 0.6 is 0 Å². The number of carbonyl (C=O) groups is 3. The van der Waals surface area contributed by atoms with Crippen molar-refractivity contribution in [3.63, 3.8) is 0 Å². The Hall–Kier alpha value is -1.67. The maximum Gasteiger partial charge on any atom is 0.325 e. The van der Waals surface area contributed by atoms with Gasteiger partial charge in [-0.2, -0.15) is 0 Å². The van der Waals surface area contributed by atoms with Gasteiger partial charge in [0, 0.05) is 19.6 Å². The van der Waals surface area contributed by atoms with Gasteiger partial charge in [0.2, 0.25) is 5.91 Å². The topological polar surface area (TPSA) is 91.0 Å². The van der Waals surface area contributed by atoms with E-state index >= 15 is 0 Å². The molecule has 4 amide bonds. The van der Waals surface area contributed by atoms with Crippen molar-refractivity contribution in [3.8, 4) is 0 Å². The molecule has 0 radical (unpaired) electrons. The molecule has 1 spiro atoms. The molecule has 21 heavy (non-hydrogen) atoms. The average molecular weight is 296 g/mol. The molecule has 1 unspecified atom stereocenters. The third kappa shape index (κ3) is 2.60. The highest BCUT2D eigenvalue weighted by molar-refractivity contribution is 6.09. The van der Waals surface area contributed by atoms with E-state index in [1.54, 1.807) is 4.90 Å². The van der Waals surface area contributed by atoms with E-state index in [1.165, 1.54) is 0 Å². The summed E-state index contributed by atoms with van der Waals surface area (Å²) in [5.74, 6) is -0.496. The van der Waals surface area contributed by atoms with Crippen molar-refractivity contribution in [2.24, 2.45) is 0 Å². The molecule has 0 aromatic heterocycles. The van der Waals surface area contributed by atoms with Gasteiger partial charge in [0.1, 0.15) is 12.1 Å². The standard InChI is InChI=1S/C13H20N4O4/c18-10(16-4-6-21-7-5-16)8-17-11(19)13(15-12(17)20)2-1-3-14-9-13/h14H,1-9H2,(H,15,20). The second kappa shape index (κ2) is 5.61. The Morgan fingerprint density at radius 1 is 1.29 bits per heavy atom. The third-order valence-electron chi connectivity index (χ3n) is 4.29. The van der Waals surface area contributed by atoms with Gasteiger partial charge in [-0.05, 0) is 19.4 Å². The number of morpholine rings is 1.